The summed E-state index contributed by atoms with van der Waals surface area (Å²) in [5.74, 6) is -0.125. The lowest BCUT2D eigenvalue weighted by Crippen LogP contribution is -2.45. The van der Waals surface area contributed by atoms with Gasteiger partial charge in [0.05, 0.1) is 12.5 Å². The van der Waals surface area contributed by atoms with Crippen LogP contribution in [0.1, 0.15) is 32.6 Å². The molecule has 1 aliphatic heterocycles. The number of carbonyl (C=O) groups excluding carboxylic acids is 1. The van der Waals surface area contributed by atoms with Gasteiger partial charge >= 0.3 is 5.97 Å². The van der Waals surface area contributed by atoms with E-state index in [1.807, 2.05) is 31.2 Å². The molecule has 0 aliphatic carbocycles. The molecule has 1 N–H and O–H groups in total. The van der Waals surface area contributed by atoms with Gasteiger partial charge in [0.25, 0.3) is 0 Å². The van der Waals surface area contributed by atoms with Crippen molar-refractivity contribution in [3.63, 3.8) is 0 Å². The van der Waals surface area contributed by atoms with Crippen molar-refractivity contribution in [2.75, 3.05) is 19.7 Å². The van der Waals surface area contributed by atoms with Crippen molar-refractivity contribution in [3.05, 3.63) is 28.7 Å². The summed E-state index contributed by atoms with van der Waals surface area (Å²) in [7, 11) is 0. The molecule has 0 saturated carbocycles. The topological polar surface area (TPSA) is 66.8 Å². The van der Waals surface area contributed by atoms with Crippen LogP contribution < -0.4 is 4.74 Å². The van der Waals surface area contributed by atoms with E-state index in [1.54, 1.807) is 4.90 Å². The highest BCUT2D eigenvalue weighted by atomic mass is 79.9. The number of hydrogen-bond donors (Lipinski definition) is 1. The minimum atomic E-state index is -0.803. The van der Waals surface area contributed by atoms with E-state index in [4.69, 9.17) is 9.84 Å². The SMILES string of the molecule is CC1CC(C(=O)O)CN(C(=O)CCCCOc2ccc(Br)cc2)C1. The Morgan fingerprint density at radius 3 is 2.62 bits per heavy atom. The third-order valence-corrected chi connectivity index (χ3v) is 4.76. The average molecular weight is 398 g/mol. The van der Waals surface area contributed by atoms with E-state index in [9.17, 15) is 9.59 Å². The second-order valence-corrected chi connectivity index (χ2v) is 7.35. The zero-order valence-electron chi connectivity index (χ0n) is 13.9. The summed E-state index contributed by atoms with van der Waals surface area (Å²) in [4.78, 5) is 25.1. The zero-order valence-corrected chi connectivity index (χ0v) is 15.5. The van der Waals surface area contributed by atoms with Crippen LogP contribution in [0.25, 0.3) is 0 Å². The van der Waals surface area contributed by atoms with Crippen molar-refractivity contribution < 1.29 is 19.4 Å². The predicted octanol–water partition coefficient (Wildman–Crippen LogP) is 3.57. The third-order valence-electron chi connectivity index (χ3n) is 4.23. The summed E-state index contributed by atoms with van der Waals surface area (Å²) in [5, 5.41) is 9.17. The van der Waals surface area contributed by atoms with Gasteiger partial charge < -0.3 is 14.7 Å². The number of aliphatic carboxylic acids is 1. The van der Waals surface area contributed by atoms with Crippen LogP contribution in [-0.4, -0.2) is 41.6 Å². The largest absolute Gasteiger partial charge is 0.494 e. The van der Waals surface area contributed by atoms with Crippen LogP contribution in [0.3, 0.4) is 0 Å². The number of likely N-dealkylation sites (tertiary alicyclic amines) is 1. The highest BCUT2D eigenvalue weighted by Crippen LogP contribution is 2.22. The van der Waals surface area contributed by atoms with Crippen LogP contribution in [0.4, 0.5) is 0 Å². The van der Waals surface area contributed by atoms with Gasteiger partial charge in [-0.25, -0.2) is 0 Å². The van der Waals surface area contributed by atoms with E-state index in [0.717, 1.165) is 23.1 Å². The van der Waals surface area contributed by atoms with Crippen molar-refractivity contribution >= 4 is 27.8 Å². The van der Waals surface area contributed by atoms with E-state index in [0.29, 0.717) is 32.5 Å². The fraction of sp³-hybridized carbons (Fsp3) is 0.556. The monoisotopic (exact) mass is 397 g/mol. The minimum Gasteiger partial charge on any atom is -0.494 e. The molecule has 1 fully saturated rings. The van der Waals surface area contributed by atoms with E-state index in [2.05, 4.69) is 15.9 Å². The number of amides is 1. The first-order chi connectivity index (χ1) is 11.5. The third kappa shape index (κ3) is 5.82. The summed E-state index contributed by atoms with van der Waals surface area (Å²) in [6.45, 7) is 3.58. The summed E-state index contributed by atoms with van der Waals surface area (Å²) in [6, 6.07) is 7.65. The fourth-order valence-corrected chi connectivity index (χ4v) is 3.26. The summed E-state index contributed by atoms with van der Waals surface area (Å²) < 4.78 is 6.64. The highest BCUT2D eigenvalue weighted by Gasteiger charge is 2.31. The lowest BCUT2D eigenvalue weighted by atomic mass is 9.90. The van der Waals surface area contributed by atoms with E-state index < -0.39 is 11.9 Å². The van der Waals surface area contributed by atoms with Gasteiger partial charge in [0.2, 0.25) is 5.91 Å². The molecular weight excluding hydrogens is 374 g/mol. The molecule has 1 aromatic carbocycles. The maximum atomic E-state index is 12.3. The number of nitrogens with zero attached hydrogens (tertiary/aromatic N) is 1. The Morgan fingerprint density at radius 1 is 1.25 bits per heavy atom. The van der Waals surface area contributed by atoms with Crippen LogP contribution in [0.5, 0.6) is 5.75 Å². The van der Waals surface area contributed by atoms with E-state index in [-0.39, 0.29) is 11.8 Å². The second kappa shape index (κ2) is 9.06. The molecule has 5 nitrogen and oxygen atoms in total. The summed E-state index contributed by atoms with van der Waals surface area (Å²) in [6.07, 6.45) is 2.65. The number of unbranched alkanes of at least 4 members (excludes halogenated alkanes) is 1. The Hall–Kier alpha value is -1.56. The first-order valence-corrected chi connectivity index (χ1v) is 9.14. The Morgan fingerprint density at radius 2 is 1.96 bits per heavy atom. The molecule has 24 heavy (non-hydrogen) atoms. The molecule has 1 aliphatic rings. The van der Waals surface area contributed by atoms with Crippen molar-refractivity contribution in [2.45, 2.75) is 32.6 Å². The van der Waals surface area contributed by atoms with Gasteiger partial charge in [0.15, 0.2) is 0 Å². The Labute approximate surface area is 151 Å². The van der Waals surface area contributed by atoms with Crippen molar-refractivity contribution in [3.8, 4) is 5.75 Å². The number of benzene rings is 1. The van der Waals surface area contributed by atoms with Crippen molar-refractivity contribution in [2.24, 2.45) is 11.8 Å². The lowest BCUT2D eigenvalue weighted by Gasteiger charge is -2.34. The maximum Gasteiger partial charge on any atom is 0.308 e. The van der Waals surface area contributed by atoms with Crippen LogP contribution >= 0.6 is 15.9 Å². The molecule has 0 aromatic heterocycles. The van der Waals surface area contributed by atoms with Gasteiger partial charge in [-0.3, -0.25) is 9.59 Å². The first kappa shape index (κ1) is 18.8. The molecule has 0 bridgehead atoms. The highest BCUT2D eigenvalue weighted by molar-refractivity contribution is 9.10. The molecule has 0 radical (unpaired) electrons. The van der Waals surface area contributed by atoms with Crippen LogP contribution in [-0.2, 0) is 9.59 Å². The standard InChI is InChI=1S/C18H24BrNO4/c1-13-10-14(18(22)23)12-20(11-13)17(21)4-2-3-9-24-16-7-5-15(19)6-8-16/h5-8,13-14H,2-4,9-12H2,1H3,(H,22,23). The van der Waals surface area contributed by atoms with Gasteiger partial charge in [-0.05, 0) is 49.4 Å². The number of hydrogen-bond acceptors (Lipinski definition) is 3. The van der Waals surface area contributed by atoms with E-state index >= 15 is 0 Å². The molecule has 2 unspecified atom stereocenters. The number of carboxylic acid groups (broad SMARTS) is 1. The molecule has 1 aromatic rings. The molecule has 6 heteroatoms. The minimum absolute atomic E-state index is 0.0523. The molecule has 2 atom stereocenters. The average Bonchev–Trinajstić information content (AvgIpc) is 2.55. The number of rotatable bonds is 7. The van der Waals surface area contributed by atoms with Gasteiger partial charge in [-0.2, -0.15) is 0 Å². The summed E-state index contributed by atoms with van der Waals surface area (Å²) in [5.41, 5.74) is 0. The molecule has 1 saturated heterocycles. The first-order valence-electron chi connectivity index (χ1n) is 8.34. The van der Waals surface area contributed by atoms with Gasteiger partial charge in [-0.15, -0.1) is 0 Å². The number of halogens is 1. The molecule has 2 rings (SSSR count). The molecule has 0 spiro atoms. The van der Waals surface area contributed by atoms with Gasteiger partial charge in [0, 0.05) is 24.0 Å². The Kier molecular flexibility index (Phi) is 7.09. The number of carboxylic acids is 1. The molecule has 1 amide bonds. The second-order valence-electron chi connectivity index (χ2n) is 6.43. The Balaban J connectivity index is 1.67. The van der Waals surface area contributed by atoms with Gasteiger partial charge in [0.1, 0.15) is 5.75 Å². The van der Waals surface area contributed by atoms with E-state index in [1.165, 1.54) is 0 Å². The smallest absolute Gasteiger partial charge is 0.308 e. The number of ether oxygens (including phenoxy) is 1. The number of piperidine rings is 1. The summed E-state index contributed by atoms with van der Waals surface area (Å²) >= 11 is 3.38. The van der Waals surface area contributed by atoms with Crippen molar-refractivity contribution in [1.29, 1.82) is 0 Å². The Bertz CT molecular complexity index is 561. The fourth-order valence-electron chi connectivity index (χ4n) is 2.99. The van der Waals surface area contributed by atoms with Crippen LogP contribution in [0.15, 0.2) is 28.7 Å². The number of carbonyl (C=O) groups is 2. The van der Waals surface area contributed by atoms with Crippen molar-refractivity contribution in [1.82, 2.24) is 4.90 Å². The normalized spacial score (nSPS) is 20.7. The lowest BCUT2D eigenvalue weighted by molar-refractivity contribution is -0.146. The van der Waals surface area contributed by atoms with Gasteiger partial charge in [-0.1, -0.05) is 22.9 Å². The molecular formula is C18H24BrNO4. The molecule has 1 heterocycles. The molecule has 132 valence electrons. The predicted molar refractivity (Wildman–Crippen MR) is 95.0 cm³/mol. The zero-order chi connectivity index (χ0) is 17.5. The van der Waals surface area contributed by atoms with Crippen LogP contribution in [0.2, 0.25) is 0 Å². The maximum absolute atomic E-state index is 12.3. The van der Waals surface area contributed by atoms with Crippen LogP contribution in [0, 0.1) is 11.8 Å². The quantitative estimate of drug-likeness (QED) is 0.714.